The Balaban J connectivity index is 2.84. The number of thiophene rings is 2. The van der Waals surface area contributed by atoms with Crippen molar-refractivity contribution in [2.75, 3.05) is 0 Å². The van der Waals surface area contributed by atoms with E-state index in [9.17, 15) is 25.8 Å². The number of rotatable bonds is 5. The minimum Gasteiger partial charge on any atom is -0.293 e. The normalized spacial score (nSPS) is 11.9. The van der Waals surface area contributed by atoms with Gasteiger partial charge in [0.05, 0.1) is 34.5 Å². The standard InChI is InChI=1S/C19H13ClN4OS2/c1-10-4-14(11(2)26-10)17(18(25)15-5-16(20)27-12(15)3)19(8-23,9-24)13(6-21)7-22/h4-5,13,17H,1-3H3. The van der Waals surface area contributed by atoms with E-state index in [1.54, 1.807) is 32.1 Å². The van der Waals surface area contributed by atoms with Crippen LogP contribution in [0.25, 0.3) is 0 Å². The van der Waals surface area contributed by atoms with Crippen LogP contribution in [0.5, 0.6) is 0 Å². The van der Waals surface area contributed by atoms with Crippen molar-refractivity contribution in [2.45, 2.75) is 26.7 Å². The average molecular weight is 413 g/mol. The van der Waals surface area contributed by atoms with Gasteiger partial charge < -0.3 is 0 Å². The summed E-state index contributed by atoms with van der Waals surface area (Å²) in [5, 5.41) is 38.5. The summed E-state index contributed by atoms with van der Waals surface area (Å²) >= 11 is 8.67. The van der Waals surface area contributed by atoms with E-state index in [1.807, 2.05) is 19.1 Å². The first-order chi connectivity index (χ1) is 12.7. The monoisotopic (exact) mass is 412 g/mol. The number of carbonyl (C=O) groups is 1. The quantitative estimate of drug-likeness (QED) is 0.637. The zero-order chi connectivity index (χ0) is 20.4. The van der Waals surface area contributed by atoms with Gasteiger partial charge in [-0.05, 0) is 38.5 Å². The molecule has 2 rings (SSSR count). The SMILES string of the molecule is Cc1cc(C(C(=O)c2cc(Cl)sc2C)C(C#N)(C#N)C(C#N)C#N)c(C)s1. The van der Waals surface area contributed by atoms with Crippen LogP contribution in [-0.4, -0.2) is 5.78 Å². The highest BCUT2D eigenvalue weighted by atomic mass is 35.5. The number of nitrogens with zero attached hydrogens (tertiary/aromatic N) is 4. The maximum absolute atomic E-state index is 13.5. The molecule has 134 valence electrons. The second kappa shape index (κ2) is 7.91. The number of hydrogen-bond donors (Lipinski definition) is 0. The van der Waals surface area contributed by atoms with E-state index < -0.39 is 23.0 Å². The predicted molar refractivity (Wildman–Crippen MR) is 103 cm³/mol. The average Bonchev–Trinajstić information content (AvgIpc) is 3.14. The number of Topliss-reactive ketones (excluding diaryl/α,β-unsaturated/α-hetero) is 1. The van der Waals surface area contributed by atoms with E-state index >= 15 is 0 Å². The molecule has 0 aromatic carbocycles. The van der Waals surface area contributed by atoms with Gasteiger partial charge in [0.1, 0.15) is 0 Å². The maximum Gasteiger partial charge on any atom is 0.186 e. The van der Waals surface area contributed by atoms with E-state index in [1.165, 1.54) is 28.7 Å². The largest absolute Gasteiger partial charge is 0.293 e. The van der Waals surface area contributed by atoms with E-state index in [4.69, 9.17) is 11.6 Å². The molecule has 0 aliphatic carbocycles. The molecule has 0 aliphatic rings. The van der Waals surface area contributed by atoms with Crippen molar-refractivity contribution in [3.8, 4) is 24.3 Å². The maximum atomic E-state index is 13.5. The Morgan fingerprint density at radius 2 is 1.63 bits per heavy atom. The van der Waals surface area contributed by atoms with Gasteiger partial charge in [-0.25, -0.2) is 0 Å². The molecule has 8 heteroatoms. The van der Waals surface area contributed by atoms with Gasteiger partial charge in [0.2, 0.25) is 0 Å². The highest BCUT2D eigenvalue weighted by molar-refractivity contribution is 7.16. The zero-order valence-corrected chi connectivity index (χ0v) is 17.1. The number of carbonyl (C=O) groups excluding carboxylic acids is 1. The molecule has 0 N–H and O–H groups in total. The summed E-state index contributed by atoms with van der Waals surface area (Å²) in [7, 11) is 0. The molecule has 0 spiro atoms. The van der Waals surface area contributed by atoms with Gasteiger partial charge in [-0.15, -0.1) is 22.7 Å². The summed E-state index contributed by atoms with van der Waals surface area (Å²) in [6.45, 7) is 5.36. The van der Waals surface area contributed by atoms with Crippen LogP contribution in [0.15, 0.2) is 12.1 Å². The van der Waals surface area contributed by atoms with Crippen LogP contribution in [0.2, 0.25) is 4.34 Å². The van der Waals surface area contributed by atoms with Crippen molar-refractivity contribution in [3.63, 3.8) is 0 Å². The Hall–Kier alpha value is -2.68. The van der Waals surface area contributed by atoms with Gasteiger partial charge >= 0.3 is 0 Å². The molecule has 1 unspecified atom stereocenters. The molecule has 0 bridgehead atoms. The van der Waals surface area contributed by atoms with Crippen molar-refractivity contribution in [1.82, 2.24) is 0 Å². The lowest BCUT2D eigenvalue weighted by Crippen LogP contribution is -2.38. The lowest BCUT2D eigenvalue weighted by atomic mass is 9.64. The molecule has 0 saturated carbocycles. The van der Waals surface area contributed by atoms with Crippen molar-refractivity contribution in [1.29, 1.82) is 21.0 Å². The van der Waals surface area contributed by atoms with Gasteiger partial charge in [0.25, 0.3) is 0 Å². The summed E-state index contributed by atoms with van der Waals surface area (Å²) in [4.78, 5) is 15.8. The second-order valence-corrected chi connectivity index (χ2v) is 9.32. The third-order valence-electron chi connectivity index (χ3n) is 4.34. The molecule has 0 radical (unpaired) electrons. The highest BCUT2D eigenvalue weighted by Gasteiger charge is 2.53. The Kier molecular flexibility index (Phi) is 6.04. The molecule has 2 aromatic rings. The highest BCUT2D eigenvalue weighted by Crippen LogP contribution is 2.47. The molecular formula is C19H13ClN4OS2. The van der Waals surface area contributed by atoms with Crippen molar-refractivity contribution in [3.05, 3.63) is 42.2 Å². The fourth-order valence-corrected chi connectivity index (χ4v) is 5.22. The van der Waals surface area contributed by atoms with E-state index in [0.29, 0.717) is 20.3 Å². The van der Waals surface area contributed by atoms with E-state index in [-0.39, 0.29) is 0 Å². The van der Waals surface area contributed by atoms with Crippen LogP contribution < -0.4 is 0 Å². The van der Waals surface area contributed by atoms with Gasteiger partial charge in [-0.2, -0.15) is 21.0 Å². The first-order valence-corrected chi connectivity index (χ1v) is 9.75. The number of nitriles is 4. The van der Waals surface area contributed by atoms with Crippen LogP contribution in [0, 0.1) is 77.4 Å². The summed E-state index contributed by atoms with van der Waals surface area (Å²) < 4.78 is 0.407. The fourth-order valence-electron chi connectivity index (χ4n) is 3.06. The summed E-state index contributed by atoms with van der Waals surface area (Å²) in [6.07, 6.45) is 0. The lowest BCUT2D eigenvalue weighted by molar-refractivity contribution is 0.0913. The van der Waals surface area contributed by atoms with Gasteiger partial charge in [0, 0.05) is 20.2 Å². The Morgan fingerprint density at radius 1 is 1.04 bits per heavy atom. The van der Waals surface area contributed by atoms with Crippen molar-refractivity contribution < 1.29 is 4.79 Å². The number of hydrogen-bond acceptors (Lipinski definition) is 7. The van der Waals surface area contributed by atoms with Crippen LogP contribution in [0.1, 0.15) is 36.5 Å². The molecule has 0 aliphatic heterocycles. The van der Waals surface area contributed by atoms with Gasteiger partial charge in [0.15, 0.2) is 17.1 Å². The first kappa shape index (κ1) is 20.6. The van der Waals surface area contributed by atoms with Gasteiger partial charge in [-0.1, -0.05) is 11.6 Å². The van der Waals surface area contributed by atoms with Crippen molar-refractivity contribution >= 4 is 40.1 Å². The minimum absolute atomic E-state index is 0.294. The Bertz CT molecular complexity index is 1040. The summed E-state index contributed by atoms with van der Waals surface area (Å²) in [5.41, 5.74) is -1.36. The van der Waals surface area contributed by atoms with Crippen molar-refractivity contribution in [2.24, 2.45) is 11.3 Å². The number of ketones is 1. The molecule has 0 saturated heterocycles. The molecule has 5 nitrogen and oxygen atoms in total. The summed E-state index contributed by atoms with van der Waals surface area (Å²) in [5.74, 6) is -3.35. The molecule has 1 atom stereocenters. The minimum atomic E-state index is -2.14. The second-order valence-electron chi connectivity index (χ2n) is 5.97. The third kappa shape index (κ3) is 3.46. The molecule has 0 amide bonds. The third-order valence-corrected chi connectivity index (χ3v) is 6.51. The molecule has 2 aromatic heterocycles. The first-order valence-electron chi connectivity index (χ1n) is 7.74. The van der Waals surface area contributed by atoms with Crippen LogP contribution in [-0.2, 0) is 0 Å². The number of aryl methyl sites for hydroxylation is 3. The number of halogens is 1. The molecule has 0 fully saturated rings. The van der Waals surface area contributed by atoms with E-state index in [2.05, 4.69) is 0 Å². The Morgan fingerprint density at radius 3 is 2.00 bits per heavy atom. The fraction of sp³-hybridized carbons (Fsp3) is 0.316. The topological polar surface area (TPSA) is 112 Å². The predicted octanol–water partition coefficient (Wildman–Crippen LogP) is 5.05. The van der Waals surface area contributed by atoms with Crippen LogP contribution in [0.3, 0.4) is 0 Å². The van der Waals surface area contributed by atoms with Crippen LogP contribution >= 0.6 is 34.3 Å². The van der Waals surface area contributed by atoms with E-state index in [0.717, 1.165) is 9.75 Å². The lowest BCUT2D eigenvalue weighted by Gasteiger charge is -2.29. The molecule has 27 heavy (non-hydrogen) atoms. The Labute approximate surface area is 170 Å². The summed E-state index contributed by atoms with van der Waals surface area (Å²) in [6, 6.07) is 10.3. The van der Waals surface area contributed by atoms with Crippen LogP contribution in [0.4, 0.5) is 0 Å². The molecular weight excluding hydrogens is 400 g/mol. The zero-order valence-electron chi connectivity index (χ0n) is 14.7. The van der Waals surface area contributed by atoms with Gasteiger partial charge in [-0.3, -0.25) is 4.79 Å². The smallest absolute Gasteiger partial charge is 0.186 e. The molecule has 2 heterocycles.